The number of ether oxygens (including phenoxy) is 2. The van der Waals surface area contributed by atoms with E-state index in [1.54, 1.807) is 6.26 Å². The van der Waals surface area contributed by atoms with Crippen molar-refractivity contribution in [3.63, 3.8) is 0 Å². The van der Waals surface area contributed by atoms with Gasteiger partial charge >= 0.3 is 0 Å². The molecular weight excluding hydrogens is 312 g/mol. The first kappa shape index (κ1) is 24.5. The largest absolute Gasteiger partial charge is 0.499 e. The van der Waals surface area contributed by atoms with E-state index in [0.29, 0.717) is 19.8 Å². The Morgan fingerprint density at radius 2 is 1.16 bits per heavy atom. The lowest BCUT2D eigenvalue weighted by molar-refractivity contribution is 0.0600. The fourth-order valence-electron chi connectivity index (χ4n) is 2.93. The van der Waals surface area contributed by atoms with Crippen LogP contribution in [0, 0.1) is 0 Å². The molecule has 0 heterocycles. The second-order valence-corrected chi connectivity index (χ2v) is 6.96. The summed E-state index contributed by atoms with van der Waals surface area (Å²) in [5.41, 5.74) is 0. The van der Waals surface area contributed by atoms with Crippen LogP contribution in [-0.4, -0.2) is 31.5 Å². The topological polar surface area (TPSA) is 38.7 Å². The van der Waals surface area contributed by atoms with Crippen molar-refractivity contribution in [2.24, 2.45) is 0 Å². The lowest BCUT2D eigenvalue weighted by Gasteiger charge is -2.03. The highest BCUT2D eigenvalue weighted by Crippen LogP contribution is 2.13. The quantitative estimate of drug-likeness (QED) is 0.191. The smallest absolute Gasteiger partial charge is 0.111 e. The second kappa shape index (κ2) is 23.5. The van der Waals surface area contributed by atoms with Gasteiger partial charge in [-0.3, -0.25) is 0 Å². The van der Waals surface area contributed by atoms with Gasteiger partial charge in [0.25, 0.3) is 0 Å². The van der Waals surface area contributed by atoms with Gasteiger partial charge in [-0.2, -0.15) is 0 Å². The van der Waals surface area contributed by atoms with Crippen molar-refractivity contribution in [3.05, 3.63) is 12.3 Å². The summed E-state index contributed by atoms with van der Waals surface area (Å²) in [6.07, 6.45) is 24.7. The lowest BCUT2D eigenvalue weighted by atomic mass is 10.0. The molecule has 3 nitrogen and oxygen atoms in total. The van der Waals surface area contributed by atoms with Gasteiger partial charge in [-0.25, -0.2) is 0 Å². The zero-order valence-electron chi connectivity index (χ0n) is 16.9. The summed E-state index contributed by atoms with van der Waals surface area (Å²) >= 11 is 0. The number of rotatable bonds is 21. The standard InChI is InChI=1S/C22H44O3/c1-2-3-4-5-6-7-8-9-10-11-12-13-14-15-16-17-19-24-21-22-25-20-18-23/h17,19,23H,2-16,18,20-22H2,1H3. The number of hydrogen-bond donors (Lipinski definition) is 1. The minimum Gasteiger partial charge on any atom is -0.499 e. The first-order chi connectivity index (χ1) is 12.4. The molecule has 25 heavy (non-hydrogen) atoms. The molecule has 0 atom stereocenters. The Morgan fingerprint density at radius 1 is 0.640 bits per heavy atom. The van der Waals surface area contributed by atoms with Crippen LogP contribution in [0.1, 0.15) is 103 Å². The summed E-state index contributed by atoms with van der Waals surface area (Å²) in [4.78, 5) is 0. The Labute approximate surface area is 157 Å². The van der Waals surface area contributed by atoms with Gasteiger partial charge in [0.1, 0.15) is 6.61 Å². The average Bonchev–Trinajstić information content (AvgIpc) is 2.63. The Hall–Kier alpha value is -0.540. The van der Waals surface area contributed by atoms with Crippen LogP contribution < -0.4 is 0 Å². The summed E-state index contributed by atoms with van der Waals surface area (Å²) in [7, 11) is 0. The molecule has 0 saturated carbocycles. The van der Waals surface area contributed by atoms with E-state index >= 15 is 0 Å². The van der Waals surface area contributed by atoms with Crippen LogP contribution in [0.4, 0.5) is 0 Å². The summed E-state index contributed by atoms with van der Waals surface area (Å²) in [6.45, 7) is 3.87. The molecule has 150 valence electrons. The van der Waals surface area contributed by atoms with Crippen LogP contribution in [0.5, 0.6) is 0 Å². The van der Waals surface area contributed by atoms with Gasteiger partial charge in [0.15, 0.2) is 0 Å². The van der Waals surface area contributed by atoms with Crippen LogP contribution >= 0.6 is 0 Å². The fraction of sp³-hybridized carbons (Fsp3) is 0.909. The SMILES string of the molecule is CCCCCCCCCCCCCCCCC=COCCOCCO. The van der Waals surface area contributed by atoms with Crippen molar-refractivity contribution in [1.29, 1.82) is 0 Å². The second-order valence-electron chi connectivity index (χ2n) is 6.96. The molecular formula is C22H44O3. The van der Waals surface area contributed by atoms with Crippen molar-refractivity contribution in [3.8, 4) is 0 Å². The molecule has 0 rings (SSSR count). The molecule has 0 aromatic rings. The van der Waals surface area contributed by atoms with Crippen LogP contribution in [0.25, 0.3) is 0 Å². The monoisotopic (exact) mass is 356 g/mol. The molecule has 0 saturated heterocycles. The average molecular weight is 357 g/mol. The number of hydrogen-bond acceptors (Lipinski definition) is 3. The molecule has 0 aromatic carbocycles. The van der Waals surface area contributed by atoms with Crippen molar-refractivity contribution >= 4 is 0 Å². The molecule has 0 aliphatic rings. The molecule has 0 aliphatic heterocycles. The van der Waals surface area contributed by atoms with E-state index in [9.17, 15) is 0 Å². The van der Waals surface area contributed by atoms with Gasteiger partial charge in [0.05, 0.1) is 26.1 Å². The number of aliphatic hydroxyl groups is 1. The van der Waals surface area contributed by atoms with Crippen LogP contribution in [-0.2, 0) is 9.47 Å². The Balaban J connectivity index is 3.02. The molecule has 0 fully saturated rings. The fourth-order valence-corrected chi connectivity index (χ4v) is 2.93. The summed E-state index contributed by atoms with van der Waals surface area (Å²) in [5, 5.41) is 8.55. The number of unbranched alkanes of at least 4 members (excludes halogenated alkanes) is 14. The minimum atomic E-state index is 0.0783. The first-order valence-electron chi connectivity index (χ1n) is 10.9. The lowest BCUT2D eigenvalue weighted by Crippen LogP contribution is -2.04. The number of allylic oxidation sites excluding steroid dienone is 1. The summed E-state index contributed by atoms with van der Waals surface area (Å²) in [6, 6.07) is 0. The zero-order valence-corrected chi connectivity index (χ0v) is 16.9. The van der Waals surface area contributed by atoms with Gasteiger partial charge in [0, 0.05) is 0 Å². The van der Waals surface area contributed by atoms with Gasteiger partial charge in [-0.1, -0.05) is 90.4 Å². The molecule has 1 N–H and O–H groups in total. The van der Waals surface area contributed by atoms with Gasteiger partial charge in [-0.05, 0) is 18.9 Å². The molecule has 0 aliphatic carbocycles. The Bertz CT molecular complexity index is 254. The van der Waals surface area contributed by atoms with Crippen molar-refractivity contribution in [2.75, 3.05) is 26.4 Å². The molecule has 3 heteroatoms. The predicted molar refractivity (Wildman–Crippen MR) is 108 cm³/mol. The van der Waals surface area contributed by atoms with Crippen molar-refractivity contribution in [1.82, 2.24) is 0 Å². The summed E-state index contributed by atoms with van der Waals surface area (Å²) in [5.74, 6) is 0. The highest BCUT2D eigenvalue weighted by molar-refractivity contribution is 4.73. The van der Waals surface area contributed by atoms with Gasteiger partial charge in [0.2, 0.25) is 0 Å². The van der Waals surface area contributed by atoms with Gasteiger partial charge < -0.3 is 14.6 Å². The molecule has 0 spiro atoms. The normalized spacial score (nSPS) is 11.4. The Morgan fingerprint density at radius 3 is 1.68 bits per heavy atom. The zero-order chi connectivity index (χ0) is 18.3. The third-order valence-electron chi connectivity index (χ3n) is 4.50. The van der Waals surface area contributed by atoms with Gasteiger partial charge in [-0.15, -0.1) is 0 Å². The summed E-state index contributed by atoms with van der Waals surface area (Å²) < 4.78 is 10.4. The maximum Gasteiger partial charge on any atom is 0.111 e. The maximum absolute atomic E-state index is 8.55. The van der Waals surface area contributed by atoms with Crippen LogP contribution in [0.3, 0.4) is 0 Å². The number of aliphatic hydroxyl groups excluding tert-OH is 1. The Kier molecular flexibility index (Phi) is 23.0. The molecule has 0 radical (unpaired) electrons. The predicted octanol–water partition coefficient (Wildman–Crippen LogP) is 6.40. The van der Waals surface area contributed by atoms with E-state index in [1.165, 1.54) is 89.9 Å². The third kappa shape index (κ3) is 23.5. The van der Waals surface area contributed by atoms with Crippen LogP contribution in [0.15, 0.2) is 12.3 Å². The molecule has 0 aromatic heterocycles. The van der Waals surface area contributed by atoms with E-state index in [1.807, 2.05) is 0 Å². The maximum atomic E-state index is 8.55. The van der Waals surface area contributed by atoms with E-state index in [-0.39, 0.29) is 6.61 Å². The third-order valence-corrected chi connectivity index (χ3v) is 4.50. The molecule has 0 bridgehead atoms. The first-order valence-corrected chi connectivity index (χ1v) is 10.9. The van der Waals surface area contributed by atoms with E-state index in [4.69, 9.17) is 14.6 Å². The van der Waals surface area contributed by atoms with Crippen molar-refractivity contribution in [2.45, 2.75) is 103 Å². The highest BCUT2D eigenvalue weighted by Gasteiger charge is 1.93. The molecule has 0 unspecified atom stereocenters. The highest BCUT2D eigenvalue weighted by atomic mass is 16.5. The van der Waals surface area contributed by atoms with Crippen molar-refractivity contribution < 1.29 is 14.6 Å². The molecule has 0 amide bonds. The minimum absolute atomic E-state index is 0.0783. The van der Waals surface area contributed by atoms with E-state index in [2.05, 4.69) is 13.0 Å². The van der Waals surface area contributed by atoms with Crippen LogP contribution in [0.2, 0.25) is 0 Å². The van der Waals surface area contributed by atoms with E-state index < -0.39 is 0 Å². The van der Waals surface area contributed by atoms with E-state index in [0.717, 1.165) is 6.42 Å².